The molecule has 0 saturated heterocycles. The minimum Gasteiger partial charge on any atom is -0.392 e. The summed E-state index contributed by atoms with van der Waals surface area (Å²) in [7, 11) is 0. The first kappa shape index (κ1) is 22.5. The van der Waals surface area contributed by atoms with Crippen LogP contribution in [-0.4, -0.2) is 21.1 Å². The zero-order chi connectivity index (χ0) is 21.4. The highest BCUT2D eigenvalue weighted by Crippen LogP contribution is 2.47. The molecule has 2 aromatic rings. The molecule has 0 aliphatic heterocycles. The molecule has 164 valence electrons. The topological polar surface area (TPSA) is 109 Å². The molecule has 1 aromatic carbocycles. The second-order valence-corrected chi connectivity index (χ2v) is 8.64. The van der Waals surface area contributed by atoms with Gasteiger partial charge in [0.15, 0.2) is 0 Å². The van der Waals surface area contributed by atoms with Crippen molar-refractivity contribution in [1.29, 1.82) is 5.41 Å². The van der Waals surface area contributed by atoms with Gasteiger partial charge in [-0.05, 0) is 42.9 Å². The second-order valence-electron chi connectivity index (χ2n) is 8.64. The standard InChI is InChI=1S/C24H36N4O2/c1-2-3-4-5-6-7-8-9-10-11-18-16-19(12-13-20(18)17-29)21-27-23(30-28-21)24(14-15-24)22(25)26/h12-13,16,29H,2-11,14-15,17H2,1H3,(H3,25,26). The summed E-state index contributed by atoms with van der Waals surface area (Å²) in [6, 6.07) is 5.94. The van der Waals surface area contributed by atoms with Crippen molar-refractivity contribution in [2.75, 3.05) is 0 Å². The molecule has 6 nitrogen and oxygen atoms in total. The first-order valence-corrected chi connectivity index (χ1v) is 11.5. The van der Waals surface area contributed by atoms with Gasteiger partial charge in [-0.3, -0.25) is 5.41 Å². The number of unbranched alkanes of at least 4 members (excludes halogenated alkanes) is 8. The fourth-order valence-electron chi connectivity index (χ4n) is 4.04. The van der Waals surface area contributed by atoms with Crippen LogP contribution in [0.1, 0.15) is 94.6 Å². The van der Waals surface area contributed by atoms with Crippen LogP contribution in [0.25, 0.3) is 11.4 Å². The van der Waals surface area contributed by atoms with Gasteiger partial charge in [0.2, 0.25) is 11.7 Å². The predicted molar refractivity (Wildman–Crippen MR) is 119 cm³/mol. The van der Waals surface area contributed by atoms with Gasteiger partial charge in [-0.15, -0.1) is 0 Å². The van der Waals surface area contributed by atoms with Crippen LogP contribution in [0.15, 0.2) is 22.7 Å². The Morgan fingerprint density at radius 3 is 2.33 bits per heavy atom. The van der Waals surface area contributed by atoms with Gasteiger partial charge in [0.25, 0.3) is 0 Å². The number of aliphatic hydroxyl groups is 1. The molecule has 1 aromatic heterocycles. The Bertz CT molecular complexity index is 826. The predicted octanol–water partition coefficient (Wildman–Crippen LogP) is 5.27. The summed E-state index contributed by atoms with van der Waals surface area (Å²) >= 11 is 0. The molecule has 0 bridgehead atoms. The van der Waals surface area contributed by atoms with Crippen LogP contribution in [-0.2, 0) is 18.4 Å². The van der Waals surface area contributed by atoms with E-state index < -0.39 is 5.41 Å². The lowest BCUT2D eigenvalue weighted by molar-refractivity contribution is 0.280. The quantitative estimate of drug-likeness (QED) is 0.222. The number of aromatic nitrogens is 2. The van der Waals surface area contributed by atoms with Gasteiger partial charge in [-0.25, -0.2) is 0 Å². The van der Waals surface area contributed by atoms with E-state index in [0.29, 0.717) is 11.7 Å². The molecule has 0 atom stereocenters. The maximum Gasteiger partial charge on any atom is 0.240 e. The smallest absolute Gasteiger partial charge is 0.240 e. The monoisotopic (exact) mass is 412 g/mol. The molecule has 3 rings (SSSR count). The normalized spacial score (nSPS) is 14.7. The van der Waals surface area contributed by atoms with E-state index in [4.69, 9.17) is 15.7 Å². The van der Waals surface area contributed by atoms with Crippen molar-refractivity contribution in [3.8, 4) is 11.4 Å². The maximum atomic E-state index is 9.72. The number of rotatable bonds is 14. The molecule has 0 radical (unpaired) electrons. The molecular weight excluding hydrogens is 376 g/mol. The van der Waals surface area contributed by atoms with E-state index in [1.54, 1.807) is 0 Å². The van der Waals surface area contributed by atoms with E-state index in [2.05, 4.69) is 23.1 Å². The molecule has 1 aliphatic carbocycles. The third-order valence-electron chi connectivity index (χ3n) is 6.29. The van der Waals surface area contributed by atoms with Crippen LogP contribution in [0.5, 0.6) is 0 Å². The van der Waals surface area contributed by atoms with Crippen molar-refractivity contribution in [3.05, 3.63) is 35.2 Å². The summed E-state index contributed by atoms with van der Waals surface area (Å²) < 4.78 is 5.43. The number of nitrogens with zero attached hydrogens (tertiary/aromatic N) is 2. The molecule has 1 fully saturated rings. The third-order valence-corrected chi connectivity index (χ3v) is 6.29. The van der Waals surface area contributed by atoms with E-state index in [1.165, 1.54) is 51.4 Å². The maximum absolute atomic E-state index is 9.72. The van der Waals surface area contributed by atoms with Crippen LogP contribution in [0.3, 0.4) is 0 Å². The highest BCUT2D eigenvalue weighted by molar-refractivity contribution is 5.91. The molecule has 1 aliphatic rings. The van der Waals surface area contributed by atoms with Gasteiger partial charge in [0, 0.05) is 5.56 Å². The number of benzene rings is 1. The summed E-state index contributed by atoms with van der Waals surface area (Å²) in [6.45, 7) is 2.29. The summed E-state index contributed by atoms with van der Waals surface area (Å²) in [5.41, 5.74) is 8.17. The first-order valence-electron chi connectivity index (χ1n) is 11.5. The van der Waals surface area contributed by atoms with Crippen molar-refractivity contribution in [3.63, 3.8) is 0 Å². The largest absolute Gasteiger partial charge is 0.392 e. The molecule has 0 spiro atoms. The SMILES string of the molecule is CCCCCCCCCCCc1cc(-c2noc(C3(C(=N)N)CC3)n2)ccc1CO. The van der Waals surface area contributed by atoms with Crippen molar-refractivity contribution in [1.82, 2.24) is 10.1 Å². The first-order chi connectivity index (χ1) is 14.6. The molecule has 0 unspecified atom stereocenters. The third kappa shape index (κ3) is 5.48. The molecule has 30 heavy (non-hydrogen) atoms. The van der Waals surface area contributed by atoms with Gasteiger partial charge in [0.05, 0.1) is 6.61 Å². The summed E-state index contributed by atoms with van der Waals surface area (Å²) in [6.07, 6.45) is 14.2. The van der Waals surface area contributed by atoms with E-state index in [1.807, 2.05) is 12.1 Å². The van der Waals surface area contributed by atoms with Crippen molar-refractivity contribution >= 4 is 5.84 Å². The second kappa shape index (κ2) is 10.7. The minimum atomic E-state index is -0.546. The van der Waals surface area contributed by atoms with E-state index in [9.17, 15) is 5.11 Å². The Morgan fingerprint density at radius 1 is 1.07 bits per heavy atom. The zero-order valence-corrected chi connectivity index (χ0v) is 18.3. The zero-order valence-electron chi connectivity index (χ0n) is 18.3. The lowest BCUT2D eigenvalue weighted by atomic mass is 9.98. The van der Waals surface area contributed by atoms with Crippen LogP contribution in [0, 0.1) is 5.41 Å². The number of hydrogen-bond donors (Lipinski definition) is 3. The van der Waals surface area contributed by atoms with E-state index >= 15 is 0 Å². The van der Waals surface area contributed by atoms with Gasteiger partial charge in [-0.1, -0.05) is 75.6 Å². The average Bonchev–Trinajstić information content (AvgIpc) is 3.43. The fraction of sp³-hybridized carbons (Fsp3) is 0.625. The van der Waals surface area contributed by atoms with Gasteiger partial charge < -0.3 is 15.4 Å². The summed E-state index contributed by atoms with van der Waals surface area (Å²) in [5.74, 6) is 1.06. The number of nitrogens with two attached hydrogens (primary N) is 1. The number of amidine groups is 1. The fourth-order valence-corrected chi connectivity index (χ4v) is 4.04. The van der Waals surface area contributed by atoms with Gasteiger partial charge >= 0.3 is 0 Å². The lowest BCUT2D eigenvalue weighted by Gasteiger charge is -2.09. The molecule has 4 N–H and O–H groups in total. The molecular formula is C24H36N4O2. The molecule has 6 heteroatoms. The highest BCUT2D eigenvalue weighted by atomic mass is 16.5. The Kier molecular flexibility index (Phi) is 8.02. The van der Waals surface area contributed by atoms with Crippen LogP contribution >= 0.6 is 0 Å². The summed E-state index contributed by atoms with van der Waals surface area (Å²) in [5, 5.41) is 21.6. The van der Waals surface area contributed by atoms with Crippen molar-refractivity contribution in [2.24, 2.45) is 5.73 Å². The number of hydrogen-bond acceptors (Lipinski definition) is 5. The Morgan fingerprint density at radius 2 is 1.73 bits per heavy atom. The van der Waals surface area contributed by atoms with Crippen LogP contribution < -0.4 is 5.73 Å². The Balaban J connectivity index is 1.54. The van der Waals surface area contributed by atoms with Crippen molar-refractivity contribution < 1.29 is 9.63 Å². The number of nitrogens with one attached hydrogen (secondary N) is 1. The van der Waals surface area contributed by atoms with Gasteiger partial charge in [-0.2, -0.15) is 4.98 Å². The van der Waals surface area contributed by atoms with E-state index in [-0.39, 0.29) is 12.4 Å². The summed E-state index contributed by atoms with van der Waals surface area (Å²) in [4.78, 5) is 4.52. The van der Waals surface area contributed by atoms with Gasteiger partial charge in [0.1, 0.15) is 11.3 Å². The molecule has 1 heterocycles. The Labute approximate surface area is 179 Å². The molecule has 1 saturated carbocycles. The lowest BCUT2D eigenvalue weighted by Crippen LogP contribution is -2.27. The number of aliphatic hydroxyl groups excluding tert-OH is 1. The Hall–Kier alpha value is -2.21. The van der Waals surface area contributed by atoms with Crippen molar-refractivity contribution in [2.45, 2.75) is 96.0 Å². The van der Waals surface area contributed by atoms with Crippen LogP contribution in [0.2, 0.25) is 0 Å². The number of aryl methyl sites for hydroxylation is 1. The average molecular weight is 413 g/mol. The van der Waals surface area contributed by atoms with Crippen LogP contribution in [0.4, 0.5) is 0 Å². The highest BCUT2D eigenvalue weighted by Gasteiger charge is 2.52. The van der Waals surface area contributed by atoms with E-state index in [0.717, 1.165) is 42.4 Å². The molecule has 0 amide bonds. The minimum absolute atomic E-state index is 0.0397.